The fraction of sp³-hybridized carbons (Fsp3) is 0.438. The van der Waals surface area contributed by atoms with Crippen molar-refractivity contribution in [1.82, 2.24) is 14.8 Å². The average molecular weight is 333 g/mol. The van der Waals surface area contributed by atoms with Gasteiger partial charge in [0.05, 0.1) is 17.0 Å². The number of thiazole rings is 1. The maximum atomic E-state index is 12.3. The number of amides is 2. The molecule has 122 valence electrons. The van der Waals surface area contributed by atoms with Crippen molar-refractivity contribution in [2.75, 3.05) is 26.2 Å². The molecule has 3 heterocycles. The van der Waals surface area contributed by atoms with Crippen LogP contribution in [0.25, 0.3) is 0 Å². The van der Waals surface area contributed by atoms with Crippen LogP contribution in [0.5, 0.6) is 0 Å². The molecule has 0 bridgehead atoms. The third kappa shape index (κ3) is 3.79. The standard InChI is InChI=1S/C16H19N3O3S/c1-12-17-13(11-23-12)4-5-15(20)18-6-8-19(9-7-18)16(21)14-3-2-10-22-14/h2-3,10-11H,4-9H2,1H3. The van der Waals surface area contributed by atoms with Gasteiger partial charge in [-0.05, 0) is 25.5 Å². The first-order valence-electron chi connectivity index (χ1n) is 7.65. The number of hydrogen-bond donors (Lipinski definition) is 0. The van der Waals surface area contributed by atoms with Gasteiger partial charge in [-0.1, -0.05) is 0 Å². The van der Waals surface area contributed by atoms with Gasteiger partial charge in [0.15, 0.2) is 5.76 Å². The number of aryl methyl sites for hydroxylation is 2. The molecule has 0 unspecified atom stereocenters. The number of furan rings is 1. The summed E-state index contributed by atoms with van der Waals surface area (Å²) < 4.78 is 5.13. The highest BCUT2D eigenvalue weighted by atomic mass is 32.1. The zero-order chi connectivity index (χ0) is 16.2. The SMILES string of the molecule is Cc1nc(CCC(=O)N2CCN(C(=O)c3ccco3)CC2)cs1. The zero-order valence-electron chi connectivity index (χ0n) is 13.0. The first-order valence-corrected chi connectivity index (χ1v) is 8.53. The van der Waals surface area contributed by atoms with Crippen LogP contribution in [-0.2, 0) is 11.2 Å². The van der Waals surface area contributed by atoms with Crippen LogP contribution in [0.4, 0.5) is 0 Å². The Kier molecular flexibility index (Phi) is 4.76. The molecule has 1 saturated heterocycles. The Balaban J connectivity index is 1.46. The third-order valence-electron chi connectivity index (χ3n) is 3.91. The van der Waals surface area contributed by atoms with E-state index in [0.717, 1.165) is 10.7 Å². The highest BCUT2D eigenvalue weighted by molar-refractivity contribution is 7.09. The van der Waals surface area contributed by atoms with Gasteiger partial charge >= 0.3 is 0 Å². The minimum absolute atomic E-state index is 0.111. The van der Waals surface area contributed by atoms with E-state index in [4.69, 9.17) is 4.42 Å². The topological polar surface area (TPSA) is 66.7 Å². The van der Waals surface area contributed by atoms with Crippen molar-refractivity contribution >= 4 is 23.2 Å². The minimum atomic E-state index is -0.111. The molecule has 7 heteroatoms. The van der Waals surface area contributed by atoms with Gasteiger partial charge in [-0.3, -0.25) is 9.59 Å². The molecule has 0 spiro atoms. The quantitative estimate of drug-likeness (QED) is 0.858. The van der Waals surface area contributed by atoms with E-state index in [9.17, 15) is 9.59 Å². The van der Waals surface area contributed by atoms with Gasteiger partial charge < -0.3 is 14.2 Å². The van der Waals surface area contributed by atoms with Gasteiger partial charge in [0, 0.05) is 38.0 Å². The van der Waals surface area contributed by atoms with Crippen molar-refractivity contribution in [2.45, 2.75) is 19.8 Å². The van der Waals surface area contributed by atoms with Crippen LogP contribution in [0.1, 0.15) is 27.7 Å². The van der Waals surface area contributed by atoms with Crippen LogP contribution >= 0.6 is 11.3 Å². The number of rotatable bonds is 4. The van der Waals surface area contributed by atoms with Crippen molar-refractivity contribution in [3.05, 3.63) is 40.2 Å². The van der Waals surface area contributed by atoms with E-state index in [2.05, 4.69) is 4.98 Å². The predicted octanol–water partition coefficient (Wildman–Crippen LogP) is 1.96. The summed E-state index contributed by atoms with van der Waals surface area (Å²) in [6, 6.07) is 3.36. The lowest BCUT2D eigenvalue weighted by Crippen LogP contribution is -2.50. The summed E-state index contributed by atoms with van der Waals surface area (Å²) in [6.45, 7) is 4.19. The lowest BCUT2D eigenvalue weighted by atomic mass is 10.2. The van der Waals surface area contributed by atoms with Crippen LogP contribution in [0, 0.1) is 6.92 Å². The van der Waals surface area contributed by atoms with Gasteiger partial charge in [-0.15, -0.1) is 11.3 Å². The number of nitrogens with zero attached hydrogens (tertiary/aromatic N) is 3. The Morgan fingerprint density at radius 1 is 1.26 bits per heavy atom. The molecule has 2 amide bonds. The van der Waals surface area contributed by atoms with Crippen LogP contribution in [0.15, 0.2) is 28.2 Å². The smallest absolute Gasteiger partial charge is 0.289 e. The summed E-state index contributed by atoms with van der Waals surface area (Å²) in [7, 11) is 0. The number of piperazine rings is 1. The van der Waals surface area contributed by atoms with Gasteiger partial charge in [-0.2, -0.15) is 0 Å². The second-order valence-electron chi connectivity index (χ2n) is 5.51. The van der Waals surface area contributed by atoms with Crippen LogP contribution in [0.3, 0.4) is 0 Å². The molecule has 0 atom stereocenters. The molecule has 23 heavy (non-hydrogen) atoms. The van der Waals surface area contributed by atoms with E-state index in [1.165, 1.54) is 6.26 Å². The fourth-order valence-corrected chi connectivity index (χ4v) is 3.28. The van der Waals surface area contributed by atoms with Crippen LogP contribution < -0.4 is 0 Å². The second-order valence-corrected chi connectivity index (χ2v) is 6.57. The summed E-state index contributed by atoms with van der Waals surface area (Å²) in [6.07, 6.45) is 2.64. The summed E-state index contributed by atoms with van der Waals surface area (Å²) >= 11 is 1.60. The zero-order valence-corrected chi connectivity index (χ0v) is 13.8. The Morgan fingerprint density at radius 3 is 2.61 bits per heavy atom. The number of carbonyl (C=O) groups excluding carboxylic acids is 2. The third-order valence-corrected chi connectivity index (χ3v) is 4.74. The van der Waals surface area contributed by atoms with E-state index in [1.807, 2.05) is 17.2 Å². The molecule has 3 rings (SSSR count). The Hall–Kier alpha value is -2.15. The van der Waals surface area contributed by atoms with Crippen molar-refractivity contribution < 1.29 is 14.0 Å². The maximum Gasteiger partial charge on any atom is 0.289 e. The van der Waals surface area contributed by atoms with Crippen LogP contribution in [-0.4, -0.2) is 52.8 Å². The van der Waals surface area contributed by atoms with E-state index in [1.54, 1.807) is 28.4 Å². The fourth-order valence-electron chi connectivity index (χ4n) is 2.63. The number of aromatic nitrogens is 1. The molecule has 1 fully saturated rings. The molecule has 0 N–H and O–H groups in total. The van der Waals surface area contributed by atoms with Gasteiger partial charge in [0.25, 0.3) is 5.91 Å². The molecule has 1 aliphatic rings. The van der Waals surface area contributed by atoms with Gasteiger partial charge in [0.2, 0.25) is 5.91 Å². The molecule has 0 saturated carbocycles. The summed E-state index contributed by atoms with van der Waals surface area (Å²) in [5.41, 5.74) is 0.979. The summed E-state index contributed by atoms with van der Waals surface area (Å²) in [5.74, 6) is 0.365. The maximum absolute atomic E-state index is 12.3. The molecule has 0 radical (unpaired) electrons. The molecule has 2 aromatic heterocycles. The second kappa shape index (κ2) is 6.95. The Bertz CT molecular complexity index is 673. The van der Waals surface area contributed by atoms with E-state index in [0.29, 0.717) is 44.8 Å². The minimum Gasteiger partial charge on any atom is -0.459 e. The lowest BCUT2D eigenvalue weighted by molar-refractivity contribution is -0.132. The normalized spacial score (nSPS) is 15.0. The molecule has 6 nitrogen and oxygen atoms in total. The molecule has 0 aromatic carbocycles. The van der Waals surface area contributed by atoms with Gasteiger partial charge in [0.1, 0.15) is 0 Å². The van der Waals surface area contributed by atoms with E-state index in [-0.39, 0.29) is 11.8 Å². The van der Waals surface area contributed by atoms with Gasteiger partial charge in [-0.25, -0.2) is 4.98 Å². The van der Waals surface area contributed by atoms with Crippen LogP contribution in [0.2, 0.25) is 0 Å². The first kappa shape index (κ1) is 15.7. The Labute approximate surface area is 138 Å². The van der Waals surface area contributed by atoms with Crippen molar-refractivity contribution in [3.63, 3.8) is 0 Å². The van der Waals surface area contributed by atoms with Crippen molar-refractivity contribution in [1.29, 1.82) is 0 Å². The lowest BCUT2D eigenvalue weighted by Gasteiger charge is -2.34. The largest absolute Gasteiger partial charge is 0.459 e. The number of hydrogen-bond acceptors (Lipinski definition) is 5. The highest BCUT2D eigenvalue weighted by Crippen LogP contribution is 2.13. The number of carbonyl (C=O) groups is 2. The summed E-state index contributed by atoms with van der Waals surface area (Å²) in [4.78, 5) is 32.4. The molecule has 1 aliphatic heterocycles. The average Bonchev–Trinajstić information content (AvgIpc) is 3.24. The molecular weight excluding hydrogens is 314 g/mol. The molecular formula is C16H19N3O3S. The van der Waals surface area contributed by atoms with E-state index >= 15 is 0 Å². The monoisotopic (exact) mass is 333 g/mol. The summed E-state index contributed by atoms with van der Waals surface area (Å²) in [5, 5.41) is 3.03. The van der Waals surface area contributed by atoms with Crippen molar-refractivity contribution in [3.8, 4) is 0 Å². The first-order chi connectivity index (χ1) is 11.1. The highest BCUT2D eigenvalue weighted by Gasteiger charge is 2.25. The Morgan fingerprint density at radius 2 is 2.00 bits per heavy atom. The molecule has 0 aliphatic carbocycles. The predicted molar refractivity (Wildman–Crippen MR) is 86.4 cm³/mol. The molecule has 2 aromatic rings. The van der Waals surface area contributed by atoms with Crippen molar-refractivity contribution in [2.24, 2.45) is 0 Å². The van der Waals surface area contributed by atoms with E-state index < -0.39 is 0 Å².